The maximum atomic E-state index is 12.2. The number of rotatable bonds is 1. The summed E-state index contributed by atoms with van der Waals surface area (Å²) in [5, 5.41) is 2.87. The molecule has 1 aromatic rings. The molecular weight excluding hydrogens is 226 g/mol. The van der Waals surface area contributed by atoms with Crippen molar-refractivity contribution in [2.45, 2.75) is 12.8 Å². The molecular formula is C15H13NO2. The van der Waals surface area contributed by atoms with Crippen LogP contribution in [-0.4, -0.2) is 5.91 Å². The first-order valence-corrected chi connectivity index (χ1v) is 5.98. The summed E-state index contributed by atoms with van der Waals surface area (Å²) in [7, 11) is 0. The number of nitrogens with one attached hydrogen (secondary N) is 1. The number of benzene rings is 1. The molecule has 0 bridgehead atoms. The van der Waals surface area contributed by atoms with Crippen molar-refractivity contribution in [1.82, 2.24) is 0 Å². The minimum absolute atomic E-state index is 0.110. The van der Waals surface area contributed by atoms with Crippen LogP contribution in [0.2, 0.25) is 0 Å². The Morgan fingerprint density at radius 3 is 2.94 bits per heavy atom. The number of carbonyl (C=O) groups excluding carboxylic acids is 1. The van der Waals surface area contributed by atoms with Gasteiger partial charge in [0.1, 0.15) is 12.0 Å². The van der Waals surface area contributed by atoms with Crippen LogP contribution in [-0.2, 0) is 4.79 Å². The second-order valence-corrected chi connectivity index (χ2v) is 4.26. The van der Waals surface area contributed by atoms with Crippen LogP contribution in [0.1, 0.15) is 12.8 Å². The minimum atomic E-state index is -0.110. The van der Waals surface area contributed by atoms with Gasteiger partial charge in [0.05, 0.1) is 11.3 Å². The molecule has 1 aliphatic carbocycles. The number of amides is 1. The molecule has 0 spiro atoms. The fourth-order valence-electron chi connectivity index (χ4n) is 2.09. The predicted molar refractivity (Wildman–Crippen MR) is 70.2 cm³/mol. The van der Waals surface area contributed by atoms with E-state index >= 15 is 0 Å². The molecule has 3 heteroatoms. The van der Waals surface area contributed by atoms with Gasteiger partial charge in [-0.2, -0.15) is 0 Å². The van der Waals surface area contributed by atoms with E-state index < -0.39 is 0 Å². The first-order chi connectivity index (χ1) is 8.84. The normalized spacial score (nSPS) is 17.9. The monoisotopic (exact) mass is 239 g/mol. The van der Waals surface area contributed by atoms with Gasteiger partial charge >= 0.3 is 0 Å². The van der Waals surface area contributed by atoms with E-state index in [0.717, 1.165) is 18.4 Å². The highest BCUT2D eigenvalue weighted by Crippen LogP contribution is 2.30. The van der Waals surface area contributed by atoms with Gasteiger partial charge in [-0.1, -0.05) is 30.4 Å². The first kappa shape index (κ1) is 10.8. The molecule has 3 nitrogen and oxygen atoms in total. The highest BCUT2D eigenvalue weighted by molar-refractivity contribution is 6.08. The molecule has 18 heavy (non-hydrogen) atoms. The van der Waals surface area contributed by atoms with Crippen LogP contribution < -0.4 is 10.1 Å². The third kappa shape index (κ3) is 1.95. The average molecular weight is 239 g/mol. The van der Waals surface area contributed by atoms with Crippen LogP contribution >= 0.6 is 0 Å². The molecule has 0 saturated carbocycles. The molecule has 1 amide bonds. The molecule has 2 aliphatic rings. The third-order valence-corrected chi connectivity index (χ3v) is 3.04. The fraction of sp³-hybridized carbons (Fsp3) is 0.133. The van der Waals surface area contributed by atoms with Crippen LogP contribution in [0.3, 0.4) is 0 Å². The minimum Gasteiger partial charge on any atom is -0.462 e. The Kier molecular flexibility index (Phi) is 2.73. The number of ether oxygens (including phenoxy) is 1. The molecule has 0 atom stereocenters. The Labute approximate surface area is 105 Å². The Bertz CT molecular complexity index is 582. The van der Waals surface area contributed by atoms with E-state index in [1.165, 1.54) is 0 Å². The van der Waals surface area contributed by atoms with Gasteiger partial charge in [0.15, 0.2) is 0 Å². The largest absolute Gasteiger partial charge is 0.462 e. The predicted octanol–water partition coefficient (Wildman–Crippen LogP) is 3.18. The molecule has 0 saturated heterocycles. The lowest BCUT2D eigenvalue weighted by molar-refractivity contribution is -0.112. The van der Waals surface area contributed by atoms with Crippen LogP contribution in [0.25, 0.3) is 0 Å². The molecule has 90 valence electrons. The second-order valence-electron chi connectivity index (χ2n) is 4.26. The summed E-state index contributed by atoms with van der Waals surface area (Å²) in [6.07, 6.45) is 9.42. The Morgan fingerprint density at radius 2 is 2.11 bits per heavy atom. The van der Waals surface area contributed by atoms with Gasteiger partial charge in [0.2, 0.25) is 0 Å². The maximum absolute atomic E-state index is 12.2. The number of allylic oxidation sites excluding steroid dienone is 3. The van der Waals surface area contributed by atoms with Gasteiger partial charge in [-0.05, 0) is 30.5 Å². The second kappa shape index (κ2) is 4.53. The molecule has 0 aromatic heterocycles. The molecule has 3 rings (SSSR count). The molecule has 1 aliphatic heterocycles. The number of anilines is 1. The highest BCUT2D eigenvalue weighted by atomic mass is 16.5. The van der Waals surface area contributed by atoms with Crippen LogP contribution in [0.4, 0.5) is 5.69 Å². The average Bonchev–Trinajstić information content (AvgIpc) is 2.58. The van der Waals surface area contributed by atoms with E-state index in [9.17, 15) is 4.79 Å². The van der Waals surface area contributed by atoms with E-state index in [2.05, 4.69) is 11.4 Å². The molecule has 1 heterocycles. The summed E-state index contributed by atoms with van der Waals surface area (Å²) in [6.45, 7) is 0. The number of hydrogen-bond acceptors (Lipinski definition) is 2. The maximum Gasteiger partial charge on any atom is 0.259 e. The quantitative estimate of drug-likeness (QED) is 0.817. The number of carbonyl (C=O) groups is 1. The summed E-state index contributed by atoms with van der Waals surface area (Å²) in [4.78, 5) is 12.2. The summed E-state index contributed by atoms with van der Waals surface area (Å²) in [5.41, 5.74) is 2.33. The van der Waals surface area contributed by atoms with Gasteiger partial charge in [0.25, 0.3) is 5.91 Å². The van der Waals surface area contributed by atoms with Crippen LogP contribution in [0.5, 0.6) is 5.75 Å². The van der Waals surface area contributed by atoms with E-state index in [1.807, 2.05) is 36.4 Å². The van der Waals surface area contributed by atoms with Crippen LogP contribution in [0.15, 0.2) is 59.9 Å². The van der Waals surface area contributed by atoms with Crippen molar-refractivity contribution in [3.8, 4) is 5.75 Å². The van der Waals surface area contributed by atoms with Crippen molar-refractivity contribution in [3.05, 3.63) is 59.9 Å². The summed E-state index contributed by atoms with van der Waals surface area (Å²) in [6, 6.07) is 7.42. The van der Waals surface area contributed by atoms with Crippen molar-refractivity contribution in [2.75, 3.05) is 5.32 Å². The lowest BCUT2D eigenvalue weighted by Gasteiger charge is -2.10. The van der Waals surface area contributed by atoms with Crippen molar-refractivity contribution in [1.29, 1.82) is 0 Å². The van der Waals surface area contributed by atoms with Gasteiger partial charge in [-0.3, -0.25) is 4.79 Å². The lowest BCUT2D eigenvalue weighted by Crippen LogP contribution is -2.15. The van der Waals surface area contributed by atoms with Gasteiger partial charge in [-0.25, -0.2) is 0 Å². The summed E-state index contributed by atoms with van der Waals surface area (Å²) < 4.78 is 5.57. The molecule has 0 unspecified atom stereocenters. The Morgan fingerprint density at radius 1 is 1.22 bits per heavy atom. The van der Waals surface area contributed by atoms with E-state index in [0.29, 0.717) is 17.0 Å². The van der Waals surface area contributed by atoms with Gasteiger partial charge < -0.3 is 10.1 Å². The summed E-state index contributed by atoms with van der Waals surface area (Å²) >= 11 is 0. The smallest absolute Gasteiger partial charge is 0.259 e. The zero-order chi connectivity index (χ0) is 12.4. The third-order valence-electron chi connectivity index (χ3n) is 3.04. The van der Waals surface area contributed by atoms with Crippen molar-refractivity contribution in [3.63, 3.8) is 0 Å². The van der Waals surface area contributed by atoms with Crippen molar-refractivity contribution in [2.24, 2.45) is 0 Å². The Balaban J connectivity index is 1.95. The summed E-state index contributed by atoms with van der Waals surface area (Å²) in [5.74, 6) is 0.564. The number of hydrogen-bond donors (Lipinski definition) is 1. The Hall–Kier alpha value is -2.29. The zero-order valence-electron chi connectivity index (χ0n) is 9.85. The molecule has 0 fully saturated rings. The van der Waals surface area contributed by atoms with Crippen LogP contribution in [0, 0.1) is 0 Å². The lowest BCUT2D eigenvalue weighted by atomic mass is 9.97. The van der Waals surface area contributed by atoms with Gasteiger partial charge in [-0.15, -0.1) is 0 Å². The van der Waals surface area contributed by atoms with E-state index in [-0.39, 0.29) is 5.91 Å². The fourth-order valence-corrected chi connectivity index (χ4v) is 2.09. The van der Waals surface area contributed by atoms with Gasteiger partial charge in [0, 0.05) is 0 Å². The van der Waals surface area contributed by atoms with Crippen molar-refractivity contribution >= 4 is 11.6 Å². The zero-order valence-corrected chi connectivity index (χ0v) is 9.85. The molecule has 1 N–H and O–H groups in total. The van der Waals surface area contributed by atoms with Crippen molar-refractivity contribution < 1.29 is 9.53 Å². The molecule has 1 aromatic carbocycles. The standard InChI is InChI=1S/C15H13NO2/c17-15-12(11-6-2-1-3-7-11)10-18-14-9-5-4-8-13(14)16-15/h1-2,4-6,8-10H,3,7H2,(H,16,17). The topological polar surface area (TPSA) is 38.3 Å². The SMILES string of the molecule is O=C1Nc2ccccc2OC=C1C1=CC=CCC1. The highest BCUT2D eigenvalue weighted by Gasteiger charge is 2.20. The van der Waals surface area contributed by atoms with E-state index in [1.54, 1.807) is 6.26 Å². The van der Waals surface area contributed by atoms with E-state index in [4.69, 9.17) is 4.74 Å². The molecule has 0 radical (unpaired) electrons. The number of para-hydroxylation sites is 2. The number of fused-ring (bicyclic) bond motifs is 1. The first-order valence-electron chi connectivity index (χ1n) is 5.98.